The van der Waals surface area contributed by atoms with Gasteiger partial charge in [0.05, 0.1) is 0 Å². The summed E-state index contributed by atoms with van der Waals surface area (Å²) in [7, 11) is 0. The fourth-order valence-electron chi connectivity index (χ4n) is 2.36. The number of hydrogen-bond acceptors (Lipinski definition) is 0. The summed E-state index contributed by atoms with van der Waals surface area (Å²) in [5, 5.41) is 0. The SMILES string of the molecule is C=CC1C=C(C)C2(C)C=CC1C2. The Labute approximate surface area is 74.7 Å². The molecule has 0 saturated heterocycles. The lowest BCUT2D eigenvalue weighted by atomic mass is 9.72. The van der Waals surface area contributed by atoms with Crippen LogP contribution in [0.2, 0.25) is 0 Å². The van der Waals surface area contributed by atoms with Gasteiger partial charge >= 0.3 is 0 Å². The topological polar surface area (TPSA) is 0 Å². The second-order valence-corrected chi connectivity index (χ2v) is 4.31. The molecule has 0 heteroatoms. The number of hydrogen-bond donors (Lipinski definition) is 0. The third-order valence-corrected chi connectivity index (χ3v) is 3.48. The smallest absolute Gasteiger partial charge is 0.00659 e. The zero-order valence-corrected chi connectivity index (χ0v) is 7.88. The first-order chi connectivity index (χ1) is 5.65. The van der Waals surface area contributed by atoms with Gasteiger partial charge in [-0.15, -0.1) is 6.58 Å². The highest BCUT2D eigenvalue weighted by molar-refractivity contribution is 5.32. The fraction of sp³-hybridized carbons (Fsp3) is 0.500. The lowest BCUT2D eigenvalue weighted by Crippen LogP contribution is -2.22. The van der Waals surface area contributed by atoms with Crippen molar-refractivity contribution in [3.05, 3.63) is 36.5 Å². The number of rotatable bonds is 1. The van der Waals surface area contributed by atoms with Crippen LogP contribution in [0.5, 0.6) is 0 Å². The summed E-state index contributed by atoms with van der Waals surface area (Å²) in [6.45, 7) is 8.45. The van der Waals surface area contributed by atoms with E-state index in [-0.39, 0.29) is 0 Å². The molecule has 0 nitrogen and oxygen atoms in total. The quantitative estimate of drug-likeness (QED) is 0.516. The summed E-state index contributed by atoms with van der Waals surface area (Å²) in [4.78, 5) is 0. The maximum Gasteiger partial charge on any atom is 0.00659 e. The van der Waals surface area contributed by atoms with E-state index in [1.165, 1.54) is 12.0 Å². The molecule has 2 aliphatic rings. The molecule has 2 aliphatic carbocycles. The van der Waals surface area contributed by atoms with Gasteiger partial charge in [0, 0.05) is 11.3 Å². The molecule has 2 bridgehead atoms. The van der Waals surface area contributed by atoms with E-state index in [1.54, 1.807) is 0 Å². The monoisotopic (exact) mass is 160 g/mol. The molecular formula is C12H16. The fourth-order valence-corrected chi connectivity index (χ4v) is 2.36. The van der Waals surface area contributed by atoms with Gasteiger partial charge in [-0.2, -0.15) is 0 Å². The van der Waals surface area contributed by atoms with Gasteiger partial charge in [-0.05, 0) is 19.3 Å². The summed E-state index contributed by atoms with van der Waals surface area (Å²) in [5.41, 5.74) is 1.88. The van der Waals surface area contributed by atoms with E-state index < -0.39 is 0 Å². The van der Waals surface area contributed by atoms with Crippen LogP contribution in [-0.2, 0) is 0 Å². The Morgan fingerprint density at radius 1 is 1.67 bits per heavy atom. The molecule has 3 atom stereocenters. The van der Waals surface area contributed by atoms with E-state index in [0.29, 0.717) is 11.3 Å². The first-order valence-electron chi connectivity index (χ1n) is 4.66. The summed E-state index contributed by atoms with van der Waals surface area (Å²) >= 11 is 0. The van der Waals surface area contributed by atoms with Crippen molar-refractivity contribution >= 4 is 0 Å². The third-order valence-electron chi connectivity index (χ3n) is 3.48. The molecule has 0 saturated carbocycles. The van der Waals surface area contributed by atoms with Crippen molar-refractivity contribution in [2.75, 3.05) is 0 Å². The largest absolute Gasteiger partial charge is 0.102 e. The highest BCUT2D eigenvalue weighted by Crippen LogP contribution is 2.48. The molecule has 2 rings (SSSR count). The molecule has 0 aromatic carbocycles. The Bertz CT molecular complexity index is 270. The Balaban J connectivity index is 2.41. The van der Waals surface area contributed by atoms with Crippen molar-refractivity contribution < 1.29 is 0 Å². The van der Waals surface area contributed by atoms with Gasteiger partial charge in [0.2, 0.25) is 0 Å². The first kappa shape index (κ1) is 7.85. The normalized spacial score (nSPS) is 44.3. The molecule has 0 amide bonds. The van der Waals surface area contributed by atoms with Crippen molar-refractivity contribution in [1.82, 2.24) is 0 Å². The lowest BCUT2D eigenvalue weighted by Gasteiger charge is -2.32. The Morgan fingerprint density at radius 2 is 2.42 bits per heavy atom. The third kappa shape index (κ3) is 0.906. The van der Waals surface area contributed by atoms with E-state index in [2.05, 4.69) is 44.7 Å². The van der Waals surface area contributed by atoms with Crippen LogP contribution in [0.4, 0.5) is 0 Å². The molecule has 0 aromatic rings. The van der Waals surface area contributed by atoms with E-state index >= 15 is 0 Å². The van der Waals surface area contributed by atoms with Crippen molar-refractivity contribution in [2.45, 2.75) is 20.3 Å². The van der Waals surface area contributed by atoms with Gasteiger partial charge in [0.15, 0.2) is 0 Å². The zero-order valence-electron chi connectivity index (χ0n) is 7.88. The molecule has 0 N–H and O–H groups in total. The minimum absolute atomic E-state index is 0.365. The van der Waals surface area contributed by atoms with Gasteiger partial charge in [-0.3, -0.25) is 0 Å². The number of allylic oxidation sites excluding steroid dienone is 5. The van der Waals surface area contributed by atoms with Crippen LogP contribution >= 0.6 is 0 Å². The minimum atomic E-state index is 0.365. The van der Waals surface area contributed by atoms with Crippen LogP contribution in [0.3, 0.4) is 0 Å². The van der Waals surface area contributed by atoms with Crippen LogP contribution in [0, 0.1) is 17.3 Å². The van der Waals surface area contributed by atoms with Gasteiger partial charge in [0.25, 0.3) is 0 Å². The van der Waals surface area contributed by atoms with Crippen LogP contribution < -0.4 is 0 Å². The molecule has 64 valence electrons. The van der Waals surface area contributed by atoms with E-state index in [9.17, 15) is 0 Å². The van der Waals surface area contributed by atoms with Crippen LogP contribution in [0.15, 0.2) is 36.5 Å². The molecular weight excluding hydrogens is 144 g/mol. The average Bonchev–Trinajstić information content (AvgIpc) is 2.39. The predicted octanol–water partition coefficient (Wildman–Crippen LogP) is 3.33. The molecule has 0 fully saturated rings. The molecule has 0 aliphatic heterocycles. The summed E-state index contributed by atoms with van der Waals surface area (Å²) in [6, 6.07) is 0. The Kier molecular flexibility index (Phi) is 1.54. The highest BCUT2D eigenvalue weighted by atomic mass is 14.4. The highest BCUT2D eigenvalue weighted by Gasteiger charge is 2.37. The van der Waals surface area contributed by atoms with E-state index in [0.717, 1.165) is 5.92 Å². The molecule has 3 unspecified atom stereocenters. The van der Waals surface area contributed by atoms with Crippen molar-refractivity contribution in [3.8, 4) is 0 Å². The van der Waals surface area contributed by atoms with E-state index in [1.807, 2.05) is 0 Å². The van der Waals surface area contributed by atoms with Crippen LogP contribution in [0.1, 0.15) is 20.3 Å². The second kappa shape index (κ2) is 2.35. The summed E-state index contributed by atoms with van der Waals surface area (Å²) in [6.07, 6.45) is 10.5. The van der Waals surface area contributed by atoms with Crippen LogP contribution in [0.25, 0.3) is 0 Å². The molecule has 0 aromatic heterocycles. The molecule has 0 spiro atoms. The zero-order chi connectivity index (χ0) is 8.77. The summed E-state index contributed by atoms with van der Waals surface area (Å²) in [5.74, 6) is 1.30. The van der Waals surface area contributed by atoms with Crippen LogP contribution in [-0.4, -0.2) is 0 Å². The second-order valence-electron chi connectivity index (χ2n) is 4.31. The first-order valence-corrected chi connectivity index (χ1v) is 4.66. The van der Waals surface area contributed by atoms with Crippen molar-refractivity contribution in [2.24, 2.45) is 17.3 Å². The summed E-state index contributed by atoms with van der Waals surface area (Å²) < 4.78 is 0. The van der Waals surface area contributed by atoms with Gasteiger partial charge < -0.3 is 0 Å². The lowest BCUT2D eigenvalue weighted by molar-refractivity contribution is 0.371. The van der Waals surface area contributed by atoms with Gasteiger partial charge in [-0.1, -0.05) is 36.8 Å². The van der Waals surface area contributed by atoms with Crippen molar-refractivity contribution in [3.63, 3.8) is 0 Å². The van der Waals surface area contributed by atoms with Gasteiger partial charge in [-0.25, -0.2) is 0 Å². The van der Waals surface area contributed by atoms with Gasteiger partial charge in [0.1, 0.15) is 0 Å². The number of fused-ring (bicyclic) bond motifs is 2. The van der Waals surface area contributed by atoms with E-state index in [4.69, 9.17) is 0 Å². The average molecular weight is 160 g/mol. The Morgan fingerprint density at radius 3 is 3.08 bits per heavy atom. The Hall–Kier alpha value is -0.780. The minimum Gasteiger partial charge on any atom is -0.102 e. The predicted molar refractivity (Wildman–Crippen MR) is 52.8 cm³/mol. The van der Waals surface area contributed by atoms with Crippen molar-refractivity contribution in [1.29, 1.82) is 0 Å². The molecule has 0 radical (unpaired) electrons. The maximum atomic E-state index is 3.88. The molecule has 0 heterocycles. The molecule has 12 heavy (non-hydrogen) atoms. The maximum absolute atomic E-state index is 3.88. The standard InChI is InChI=1S/C12H16/c1-4-10-7-9(2)12(3)6-5-11(10)8-12/h4-7,10-11H,1,8H2,2-3H3.